The summed E-state index contributed by atoms with van der Waals surface area (Å²) in [5.41, 5.74) is 2.38. The Hall–Kier alpha value is -1.05. The summed E-state index contributed by atoms with van der Waals surface area (Å²) in [6.07, 6.45) is 9.89. The van der Waals surface area contributed by atoms with E-state index in [-0.39, 0.29) is 5.91 Å². The van der Waals surface area contributed by atoms with E-state index in [2.05, 4.69) is 19.1 Å². The maximum Gasteiger partial charge on any atom is 0.249 e. The van der Waals surface area contributed by atoms with E-state index < -0.39 is 0 Å². The monoisotopic (exact) mass is 205 g/mol. The van der Waals surface area contributed by atoms with E-state index in [1.807, 2.05) is 4.90 Å². The third-order valence-corrected chi connectivity index (χ3v) is 3.18. The van der Waals surface area contributed by atoms with Gasteiger partial charge in [-0.15, -0.1) is 0 Å². The molecule has 1 aliphatic heterocycles. The zero-order valence-corrected chi connectivity index (χ0v) is 9.46. The molecule has 0 aromatic rings. The van der Waals surface area contributed by atoms with Gasteiger partial charge in [-0.3, -0.25) is 4.79 Å². The summed E-state index contributed by atoms with van der Waals surface area (Å²) in [5, 5.41) is 0. The van der Waals surface area contributed by atoms with Gasteiger partial charge in [0.25, 0.3) is 0 Å². The first-order valence-corrected chi connectivity index (χ1v) is 5.91. The molecule has 0 bridgehead atoms. The highest BCUT2D eigenvalue weighted by atomic mass is 16.2. The van der Waals surface area contributed by atoms with Crippen LogP contribution in [0.15, 0.2) is 23.3 Å². The lowest BCUT2D eigenvalue weighted by atomic mass is 9.98. The summed E-state index contributed by atoms with van der Waals surface area (Å²) in [7, 11) is 0. The van der Waals surface area contributed by atoms with Crippen LogP contribution in [0.3, 0.4) is 0 Å². The Morgan fingerprint density at radius 1 is 1.27 bits per heavy atom. The number of carbonyl (C=O) groups is 1. The molecule has 0 N–H and O–H groups in total. The van der Waals surface area contributed by atoms with E-state index >= 15 is 0 Å². The number of hydrogen-bond acceptors (Lipinski definition) is 1. The molecule has 2 rings (SSSR count). The molecular weight excluding hydrogens is 186 g/mol. The fourth-order valence-corrected chi connectivity index (χ4v) is 2.32. The van der Waals surface area contributed by atoms with Crippen LogP contribution in [-0.2, 0) is 4.79 Å². The van der Waals surface area contributed by atoms with Gasteiger partial charge >= 0.3 is 0 Å². The third-order valence-electron chi connectivity index (χ3n) is 3.18. The van der Waals surface area contributed by atoms with Crippen molar-refractivity contribution in [3.63, 3.8) is 0 Å². The minimum absolute atomic E-state index is 0.280. The number of hydrogen-bond donors (Lipinski definition) is 0. The Balaban J connectivity index is 2.01. The number of carbonyl (C=O) groups excluding carboxylic acids is 1. The molecule has 1 amide bonds. The summed E-state index contributed by atoms with van der Waals surface area (Å²) >= 11 is 0. The Kier molecular flexibility index (Phi) is 3.24. The largest absolute Gasteiger partial charge is 0.335 e. The van der Waals surface area contributed by atoms with E-state index in [0.717, 1.165) is 37.9 Å². The van der Waals surface area contributed by atoms with Gasteiger partial charge in [0.05, 0.1) is 0 Å². The van der Waals surface area contributed by atoms with Crippen molar-refractivity contribution in [1.29, 1.82) is 0 Å². The lowest BCUT2D eigenvalue weighted by Crippen LogP contribution is -2.36. The van der Waals surface area contributed by atoms with Gasteiger partial charge in [0.15, 0.2) is 0 Å². The first-order chi connectivity index (χ1) is 7.27. The average Bonchev–Trinajstić information content (AvgIpc) is 2.29. The van der Waals surface area contributed by atoms with Crippen LogP contribution in [0.1, 0.15) is 39.0 Å². The SMILES string of the molecule is CC1=CCCN(C(=O)C2=CCCCC2)C1. The van der Waals surface area contributed by atoms with Gasteiger partial charge in [-0.2, -0.15) is 0 Å². The van der Waals surface area contributed by atoms with Crippen molar-refractivity contribution < 1.29 is 4.79 Å². The zero-order valence-electron chi connectivity index (χ0n) is 9.46. The lowest BCUT2D eigenvalue weighted by Gasteiger charge is -2.28. The average molecular weight is 205 g/mol. The molecule has 2 nitrogen and oxygen atoms in total. The first kappa shape index (κ1) is 10.5. The molecule has 15 heavy (non-hydrogen) atoms. The number of amides is 1. The predicted molar refractivity (Wildman–Crippen MR) is 61.5 cm³/mol. The Labute approximate surface area is 91.6 Å². The van der Waals surface area contributed by atoms with E-state index in [0.29, 0.717) is 0 Å². The van der Waals surface area contributed by atoms with Gasteiger partial charge in [0.1, 0.15) is 0 Å². The molecule has 0 unspecified atom stereocenters. The summed E-state index contributed by atoms with van der Waals surface area (Å²) in [4.78, 5) is 14.1. The van der Waals surface area contributed by atoms with Crippen LogP contribution in [0.2, 0.25) is 0 Å². The topological polar surface area (TPSA) is 20.3 Å². The number of rotatable bonds is 1. The highest BCUT2D eigenvalue weighted by Gasteiger charge is 2.20. The van der Waals surface area contributed by atoms with Gasteiger partial charge in [0, 0.05) is 18.7 Å². The van der Waals surface area contributed by atoms with Crippen LogP contribution in [0, 0.1) is 0 Å². The highest BCUT2D eigenvalue weighted by Crippen LogP contribution is 2.21. The van der Waals surface area contributed by atoms with Crippen LogP contribution in [-0.4, -0.2) is 23.9 Å². The predicted octanol–water partition coefficient (Wildman–Crippen LogP) is 2.67. The van der Waals surface area contributed by atoms with Crippen molar-refractivity contribution in [2.45, 2.75) is 39.0 Å². The molecule has 2 aliphatic rings. The molecule has 1 aliphatic carbocycles. The molecule has 82 valence electrons. The third kappa shape index (κ3) is 2.49. The molecule has 0 radical (unpaired) electrons. The fourth-order valence-electron chi connectivity index (χ4n) is 2.32. The first-order valence-electron chi connectivity index (χ1n) is 5.91. The van der Waals surface area contributed by atoms with Crippen molar-refractivity contribution in [2.75, 3.05) is 13.1 Å². The second-order valence-corrected chi connectivity index (χ2v) is 4.54. The van der Waals surface area contributed by atoms with Crippen LogP contribution < -0.4 is 0 Å². The minimum atomic E-state index is 0.280. The molecule has 2 heteroatoms. The number of allylic oxidation sites excluding steroid dienone is 1. The van der Waals surface area contributed by atoms with E-state index in [4.69, 9.17) is 0 Å². The molecular formula is C13H19NO. The molecule has 0 atom stereocenters. The summed E-state index contributed by atoms with van der Waals surface area (Å²) in [6.45, 7) is 3.83. The highest BCUT2D eigenvalue weighted by molar-refractivity contribution is 5.93. The Morgan fingerprint density at radius 2 is 2.13 bits per heavy atom. The van der Waals surface area contributed by atoms with Crippen LogP contribution >= 0.6 is 0 Å². The number of nitrogens with zero attached hydrogens (tertiary/aromatic N) is 1. The Bertz CT molecular complexity index is 314. The standard InChI is InChI=1S/C13H19NO/c1-11-6-5-9-14(10-11)13(15)12-7-3-2-4-8-12/h6-7H,2-5,8-10H2,1H3. The lowest BCUT2D eigenvalue weighted by molar-refractivity contribution is -0.127. The van der Waals surface area contributed by atoms with Crippen molar-refractivity contribution in [3.8, 4) is 0 Å². The van der Waals surface area contributed by atoms with E-state index in [9.17, 15) is 4.79 Å². The van der Waals surface area contributed by atoms with Gasteiger partial charge in [-0.1, -0.05) is 17.7 Å². The second-order valence-electron chi connectivity index (χ2n) is 4.54. The van der Waals surface area contributed by atoms with Crippen LogP contribution in [0.25, 0.3) is 0 Å². The van der Waals surface area contributed by atoms with Crippen LogP contribution in [0.5, 0.6) is 0 Å². The molecule has 0 saturated carbocycles. The van der Waals surface area contributed by atoms with Gasteiger partial charge < -0.3 is 4.90 Å². The van der Waals surface area contributed by atoms with Crippen molar-refractivity contribution in [2.24, 2.45) is 0 Å². The van der Waals surface area contributed by atoms with Crippen molar-refractivity contribution in [3.05, 3.63) is 23.3 Å². The summed E-state index contributed by atoms with van der Waals surface area (Å²) < 4.78 is 0. The van der Waals surface area contributed by atoms with Gasteiger partial charge in [0.2, 0.25) is 5.91 Å². The smallest absolute Gasteiger partial charge is 0.249 e. The zero-order chi connectivity index (χ0) is 10.7. The fraction of sp³-hybridized carbons (Fsp3) is 0.615. The quantitative estimate of drug-likeness (QED) is 0.603. The second kappa shape index (κ2) is 4.65. The normalized spacial score (nSPS) is 22.1. The Morgan fingerprint density at radius 3 is 2.80 bits per heavy atom. The molecule has 0 aromatic carbocycles. The molecule has 0 aromatic heterocycles. The van der Waals surface area contributed by atoms with E-state index in [1.165, 1.54) is 18.4 Å². The maximum atomic E-state index is 12.1. The summed E-state index contributed by atoms with van der Waals surface area (Å²) in [5.74, 6) is 0.280. The van der Waals surface area contributed by atoms with E-state index in [1.54, 1.807) is 0 Å². The molecule has 0 saturated heterocycles. The minimum Gasteiger partial charge on any atom is -0.335 e. The maximum absolute atomic E-state index is 12.1. The van der Waals surface area contributed by atoms with Gasteiger partial charge in [-0.05, 0) is 39.0 Å². The molecule has 1 heterocycles. The van der Waals surface area contributed by atoms with Crippen molar-refractivity contribution in [1.82, 2.24) is 4.90 Å². The summed E-state index contributed by atoms with van der Waals surface area (Å²) in [6, 6.07) is 0. The molecule has 0 fully saturated rings. The molecule has 0 spiro atoms. The van der Waals surface area contributed by atoms with Gasteiger partial charge in [-0.25, -0.2) is 0 Å². The van der Waals surface area contributed by atoms with Crippen molar-refractivity contribution >= 4 is 5.91 Å². The van der Waals surface area contributed by atoms with Crippen LogP contribution in [0.4, 0.5) is 0 Å².